The summed E-state index contributed by atoms with van der Waals surface area (Å²) in [5.41, 5.74) is 0.571. The van der Waals surface area contributed by atoms with Crippen molar-refractivity contribution in [2.45, 2.75) is 0 Å². The molecule has 2 rings (SSSR count). The van der Waals surface area contributed by atoms with Crippen LogP contribution in [-0.2, 0) is 9.53 Å². The number of ketones is 1. The summed E-state index contributed by atoms with van der Waals surface area (Å²) in [6.45, 7) is 0. The van der Waals surface area contributed by atoms with Crippen LogP contribution in [0.2, 0.25) is 0 Å². The number of methoxy groups -OCH3 is 1. The molecule has 2 aromatic rings. The van der Waals surface area contributed by atoms with Gasteiger partial charge in [0.2, 0.25) is 5.78 Å². The second-order valence-electron chi connectivity index (χ2n) is 5.42. The van der Waals surface area contributed by atoms with Gasteiger partial charge in [-0.1, -0.05) is 18.2 Å². The normalized spacial score (nSPS) is 11.5. The van der Waals surface area contributed by atoms with Crippen LogP contribution < -0.4 is 10.6 Å². The minimum Gasteiger partial charge on any atom is -0.491 e. The van der Waals surface area contributed by atoms with Crippen LogP contribution in [0.3, 0.4) is 0 Å². The first-order valence-corrected chi connectivity index (χ1v) is 9.16. The number of allylic oxidation sites excluding steroid dienone is 3. The SMILES string of the molecule is CO/C(=C/Nc1ccc(I)cc1F)C(=O)C(=N)/C(=C/C=N)Nc1ccccc1. The maximum Gasteiger partial charge on any atom is 0.248 e. The summed E-state index contributed by atoms with van der Waals surface area (Å²) in [5.74, 6) is -1.37. The van der Waals surface area contributed by atoms with E-state index in [9.17, 15) is 9.18 Å². The van der Waals surface area contributed by atoms with Crippen molar-refractivity contribution in [3.63, 3.8) is 0 Å². The molecule has 0 aliphatic carbocycles. The molecule has 4 N–H and O–H groups in total. The Balaban J connectivity index is 2.20. The van der Waals surface area contributed by atoms with Gasteiger partial charge in [-0.3, -0.25) is 10.2 Å². The number of benzene rings is 2. The van der Waals surface area contributed by atoms with E-state index in [-0.39, 0.29) is 17.1 Å². The fourth-order valence-corrected chi connectivity index (χ4v) is 2.61. The zero-order valence-corrected chi connectivity index (χ0v) is 17.1. The van der Waals surface area contributed by atoms with Crippen LogP contribution in [0, 0.1) is 20.2 Å². The second-order valence-corrected chi connectivity index (χ2v) is 6.67. The largest absolute Gasteiger partial charge is 0.491 e. The molecule has 28 heavy (non-hydrogen) atoms. The molecular formula is C20H18FIN4O2. The van der Waals surface area contributed by atoms with Crippen molar-refractivity contribution in [3.05, 3.63) is 81.7 Å². The van der Waals surface area contributed by atoms with Gasteiger partial charge in [-0.05, 0) is 59.0 Å². The third kappa shape index (κ3) is 5.74. The van der Waals surface area contributed by atoms with Crippen LogP contribution >= 0.6 is 22.6 Å². The van der Waals surface area contributed by atoms with Crippen LogP contribution in [0.5, 0.6) is 0 Å². The van der Waals surface area contributed by atoms with E-state index in [1.807, 2.05) is 28.7 Å². The molecular weight excluding hydrogens is 474 g/mol. The monoisotopic (exact) mass is 492 g/mol. The molecule has 0 amide bonds. The van der Waals surface area contributed by atoms with Gasteiger partial charge in [0, 0.05) is 21.7 Å². The summed E-state index contributed by atoms with van der Waals surface area (Å²) >= 11 is 1.99. The lowest BCUT2D eigenvalue weighted by molar-refractivity contribution is -0.112. The number of anilines is 2. The molecule has 0 atom stereocenters. The summed E-state index contributed by atoms with van der Waals surface area (Å²) in [7, 11) is 1.29. The van der Waals surface area contributed by atoms with E-state index in [0.29, 0.717) is 5.69 Å². The number of para-hydroxylation sites is 1. The van der Waals surface area contributed by atoms with Crippen molar-refractivity contribution in [1.29, 1.82) is 10.8 Å². The van der Waals surface area contributed by atoms with E-state index in [0.717, 1.165) is 9.78 Å². The topological polar surface area (TPSA) is 98.1 Å². The highest BCUT2D eigenvalue weighted by molar-refractivity contribution is 14.1. The zero-order chi connectivity index (χ0) is 20.5. The van der Waals surface area contributed by atoms with Gasteiger partial charge in [0.1, 0.15) is 11.5 Å². The average molecular weight is 492 g/mol. The Morgan fingerprint density at radius 1 is 1.21 bits per heavy atom. The smallest absolute Gasteiger partial charge is 0.248 e. The van der Waals surface area contributed by atoms with Gasteiger partial charge in [-0.15, -0.1) is 0 Å². The summed E-state index contributed by atoms with van der Waals surface area (Å²) in [6.07, 6.45) is 3.47. The number of ether oxygens (including phenoxy) is 1. The highest BCUT2D eigenvalue weighted by Crippen LogP contribution is 2.18. The molecule has 0 spiro atoms. The molecule has 0 radical (unpaired) electrons. The Labute approximate surface area is 175 Å². The first kappa shape index (κ1) is 21.3. The Hall–Kier alpha value is -3.01. The minimum atomic E-state index is -0.725. The number of nitrogens with one attached hydrogen (secondary N) is 4. The number of rotatable bonds is 9. The lowest BCUT2D eigenvalue weighted by Crippen LogP contribution is -2.23. The molecule has 0 saturated heterocycles. The Morgan fingerprint density at radius 3 is 2.54 bits per heavy atom. The first-order valence-electron chi connectivity index (χ1n) is 8.08. The van der Waals surface area contributed by atoms with Gasteiger partial charge in [0.05, 0.1) is 18.5 Å². The van der Waals surface area contributed by atoms with Gasteiger partial charge >= 0.3 is 0 Å². The van der Waals surface area contributed by atoms with Crippen molar-refractivity contribution in [2.24, 2.45) is 0 Å². The summed E-state index contributed by atoms with van der Waals surface area (Å²) in [4.78, 5) is 12.6. The van der Waals surface area contributed by atoms with Crippen LogP contribution in [0.25, 0.3) is 0 Å². The van der Waals surface area contributed by atoms with E-state index in [2.05, 4.69) is 10.6 Å². The predicted octanol–water partition coefficient (Wildman–Crippen LogP) is 4.56. The van der Waals surface area contributed by atoms with Crippen molar-refractivity contribution in [2.75, 3.05) is 17.7 Å². The first-order chi connectivity index (χ1) is 13.5. The van der Waals surface area contributed by atoms with Gasteiger partial charge in [-0.2, -0.15) is 0 Å². The number of Topliss-reactive ketones (excluding diaryl/α,β-unsaturated/α-hetero) is 1. The van der Waals surface area contributed by atoms with Gasteiger partial charge in [0.25, 0.3) is 0 Å². The quantitative estimate of drug-likeness (QED) is 0.179. The van der Waals surface area contributed by atoms with Gasteiger partial charge in [0.15, 0.2) is 5.76 Å². The van der Waals surface area contributed by atoms with Gasteiger partial charge < -0.3 is 20.8 Å². The molecule has 0 fully saturated rings. The molecule has 2 aromatic carbocycles. The fraction of sp³-hybridized carbons (Fsp3) is 0.0500. The Kier molecular flexibility index (Phi) is 7.88. The molecule has 144 valence electrons. The van der Waals surface area contributed by atoms with E-state index in [4.69, 9.17) is 15.6 Å². The van der Waals surface area contributed by atoms with E-state index in [1.165, 1.54) is 31.5 Å². The molecule has 0 saturated carbocycles. The van der Waals surface area contributed by atoms with Crippen molar-refractivity contribution >= 4 is 51.7 Å². The standard InChI is InChI=1S/C20H18FIN4O2/c1-28-18(12-25-16-8-7-13(22)11-15(16)21)20(27)19(24)17(9-10-23)26-14-5-3-2-4-6-14/h2-12,23-26H,1H3/b17-9-,18-12+,23-10?,24-19?. The maximum absolute atomic E-state index is 13.9. The van der Waals surface area contributed by atoms with Crippen LogP contribution in [0.15, 0.2) is 72.3 Å². The summed E-state index contributed by atoms with van der Waals surface area (Å²) in [5, 5.41) is 21.1. The number of carbonyl (C=O) groups excluding carboxylic acids is 1. The number of halogens is 2. The zero-order valence-electron chi connectivity index (χ0n) is 14.9. The molecule has 0 heterocycles. The van der Waals surface area contributed by atoms with E-state index in [1.54, 1.807) is 30.3 Å². The number of hydrogen-bond acceptors (Lipinski definition) is 6. The summed E-state index contributed by atoms with van der Waals surface area (Å²) < 4.78 is 19.7. The average Bonchev–Trinajstić information content (AvgIpc) is 2.69. The lowest BCUT2D eigenvalue weighted by Gasteiger charge is -2.13. The highest BCUT2D eigenvalue weighted by Gasteiger charge is 2.20. The maximum atomic E-state index is 13.9. The number of carbonyl (C=O) groups is 1. The second kappa shape index (κ2) is 10.4. The predicted molar refractivity (Wildman–Crippen MR) is 117 cm³/mol. The molecule has 0 unspecified atom stereocenters. The molecule has 0 aromatic heterocycles. The highest BCUT2D eigenvalue weighted by atomic mass is 127. The molecule has 0 aliphatic rings. The third-order valence-corrected chi connectivity index (χ3v) is 4.20. The third-order valence-electron chi connectivity index (χ3n) is 3.53. The summed E-state index contributed by atoms with van der Waals surface area (Å²) in [6, 6.07) is 13.6. The van der Waals surface area contributed by atoms with Gasteiger partial charge in [-0.25, -0.2) is 4.39 Å². The molecule has 6 nitrogen and oxygen atoms in total. The van der Waals surface area contributed by atoms with E-state index < -0.39 is 17.3 Å². The van der Waals surface area contributed by atoms with Crippen LogP contribution in [0.1, 0.15) is 0 Å². The molecule has 8 heteroatoms. The Bertz CT molecular complexity index is 942. The lowest BCUT2D eigenvalue weighted by atomic mass is 10.1. The Morgan fingerprint density at radius 2 is 1.93 bits per heavy atom. The van der Waals surface area contributed by atoms with Crippen LogP contribution in [0.4, 0.5) is 15.8 Å². The van der Waals surface area contributed by atoms with E-state index >= 15 is 0 Å². The van der Waals surface area contributed by atoms with Crippen molar-refractivity contribution < 1.29 is 13.9 Å². The minimum absolute atomic E-state index is 0.134. The van der Waals surface area contributed by atoms with Crippen molar-refractivity contribution in [3.8, 4) is 0 Å². The van der Waals surface area contributed by atoms with Crippen molar-refractivity contribution in [1.82, 2.24) is 0 Å². The number of hydrogen-bond donors (Lipinski definition) is 4. The molecule has 0 aliphatic heterocycles. The molecule has 0 bridgehead atoms. The fourth-order valence-electron chi connectivity index (χ4n) is 2.16. The van der Waals surface area contributed by atoms with Crippen LogP contribution in [-0.4, -0.2) is 24.8 Å².